The predicted octanol–water partition coefficient (Wildman–Crippen LogP) is 0.954. The van der Waals surface area contributed by atoms with Crippen LogP contribution in [0.5, 0.6) is 0 Å². The number of nitrogens with one attached hydrogen (secondary N) is 1. The summed E-state index contributed by atoms with van der Waals surface area (Å²) < 4.78 is 12.3. The lowest BCUT2D eigenvalue weighted by molar-refractivity contribution is 0.0602. The van der Waals surface area contributed by atoms with Crippen LogP contribution in [0.15, 0.2) is 0 Å². The summed E-state index contributed by atoms with van der Waals surface area (Å²) in [6.45, 7) is 2.27. The van der Waals surface area contributed by atoms with E-state index in [0.717, 1.165) is 37.8 Å². The summed E-state index contributed by atoms with van der Waals surface area (Å²) in [5, 5.41) is 3.20. The van der Waals surface area contributed by atoms with Gasteiger partial charge in [-0.1, -0.05) is 0 Å². The third-order valence-corrected chi connectivity index (χ3v) is 2.60. The minimum Gasteiger partial charge on any atom is -0.316 e. The second kappa shape index (κ2) is 1.94. The fourth-order valence-electron chi connectivity index (χ4n) is 1.62. The average molecular weight is 129 g/mol. The molecule has 0 aromatic rings. The minimum absolute atomic E-state index is 0.462. The number of hydrogen-bond acceptors (Lipinski definition) is 1. The van der Waals surface area contributed by atoms with Crippen molar-refractivity contribution in [2.24, 2.45) is 11.8 Å². The lowest BCUT2D eigenvalue weighted by Gasteiger charge is -2.41. The Kier molecular flexibility index (Phi) is 1.22. The van der Waals surface area contributed by atoms with Gasteiger partial charge in [0.1, 0.15) is 6.17 Å². The Balaban J connectivity index is 1.75. The first-order valence-electron chi connectivity index (χ1n) is 3.71. The van der Waals surface area contributed by atoms with Crippen molar-refractivity contribution in [3.63, 3.8) is 0 Å². The summed E-state index contributed by atoms with van der Waals surface area (Å²) in [4.78, 5) is 0. The third-order valence-electron chi connectivity index (χ3n) is 2.60. The third kappa shape index (κ3) is 0.855. The summed E-state index contributed by atoms with van der Waals surface area (Å²) in [6, 6.07) is 0. The predicted molar refractivity (Wildman–Crippen MR) is 34.0 cm³/mol. The summed E-state index contributed by atoms with van der Waals surface area (Å²) in [5.41, 5.74) is 0. The molecule has 1 aliphatic carbocycles. The Hall–Kier alpha value is -0.110. The van der Waals surface area contributed by atoms with Crippen LogP contribution in [0.1, 0.15) is 12.8 Å². The lowest BCUT2D eigenvalue weighted by Crippen LogP contribution is -2.50. The highest BCUT2D eigenvalue weighted by Crippen LogP contribution is 2.37. The van der Waals surface area contributed by atoms with E-state index in [4.69, 9.17) is 0 Å². The molecule has 2 rings (SSSR count). The molecule has 0 amide bonds. The number of alkyl halides is 1. The van der Waals surface area contributed by atoms with Crippen molar-refractivity contribution < 1.29 is 4.39 Å². The van der Waals surface area contributed by atoms with E-state index in [1.165, 1.54) is 0 Å². The highest BCUT2D eigenvalue weighted by atomic mass is 19.1. The molecular formula is C7H12FN. The van der Waals surface area contributed by atoms with E-state index in [1.54, 1.807) is 0 Å². The smallest absolute Gasteiger partial charge is 0.101 e. The Morgan fingerprint density at radius 1 is 1.11 bits per heavy atom. The molecule has 2 aliphatic rings. The van der Waals surface area contributed by atoms with Gasteiger partial charge in [-0.05, 0) is 37.8 Å². The molecule has 1 nitrogen and oxygen atoms in total. The lowest BCUT2D eigenvalue weighted by atomic mass is 9.72. The monoisotopic (exact) mass is 129 g/mol. The second-order valence-electron chi connectivity index (χ2n) is 3.25. The molecule has 1 saturated heterocycles. The summed E-state index contributed by atoms with van der Waals surface area (Å²) >= 11 is 0. The topological polar surface area (TPSA) is 12.0 Å². The van der Waals surface area contributed by atoms with Crippen LogP contribution in [-0.4, -0.2) is 19.3 Å². The van der Waals surface area contributed by atoms with Crippen molar-refractivity contribution in [2.75, 3.05) is 13.1 Å². The van der Waals surface area contributed by atoms with E-state index in [1.807, 2.05) is 0 Å². The molecule has 0 bridgehead atoms. The van der Waals surface area contributed by atoms with Crippen LogP contribution in [0.2, 0.25) is 0 Å². The Bertz CT molecular complexity index is 105. The van der Waals surface area contributed by atoms with E-state index in [9.17, 15) is 4.39 Å². The number of halogens is 1. The van der Waals surface area contributed by atoms with Crippen molar-refractivity contribution in [3.05, 3.63) is 0 Å². The van der Waals surface area contributed by atoms with Crippen molar-refractivity contribution >= 4 is 0 Å². The standard InChI is InChI=1S/C7H12FN/c8-7-1-5(2-7)6-3-9-4-6/h5-7,9H,1-4H2. The van der Waals surface area contributed by atoms with E-state index >= 15 is 0 Å². The van der Waals surface area contributed by atoms with Crippen LogP contribution in [0, 0.1) is 11.8 Å². The first-order chi connectivity index (χ1) is 4.36. The van der Waals surface area contributed by atoms with Gasteiger partial charge >= 0.3 is 0 Å². The van der Waals surface area contributed by atoms with Gasteiger partial charge in [-0.3, -0.25) is 0 Å². The van der Waals surface area contributed by atoms with Crippen LogP contribution in [0.25, 0.3) is 0 Å². The SMILES string of the molecule is FC1CC(C2CNC2)C1. The molecule has 1 saturated carbocycles. The molecule has 0 aromatic carbocycles. The van der Waals surface area contributed by atoms with E-state index < -0.39 is 6.17 Å². The van der Waals surface area contributed by atoms with Crippen LogP contribution >= 0.6 is 0 Å². The minimum atomic E-state index is -0.462. The molecule has 0 atom stereocenters. The molecule has 52 valence electrons. The molecule has 0 radical (unpaired) electrons. The zero-order chi connectivity index (χ0) is 6.27. The molecule has 2 fully saturated rings. The molecule has 2 heteroatoms. The maximum absolute atomic E-state index is 12.3. The number of hydrogen-bond donors (Lipinski definition) is 1. The first kappa shape index (κ1) is 5.66. The van der Waals surface area contributed by atoms with Gasteiger partial charge in [-0.2, -0.15) is 0 Å². The summed E-state index contributed by atoms with van der Waals surface area (Å²) in [6.07, 6.45) is 1.22. The molecular weight excluding hydrogens is 117 g/mol. The quantitative estimate of drug-likeness (QED) is 0.556. The van der Waals surface area contributed by atoms with Crippen LogP contribution < -0.4 is 5.32 Å². The van der Waals surface area contributed by atoms with Gasteiger partial charge in [0.05, 0.1) is 0 Å². The molecule has 1 aliphatic heterocycles. The van der Waals surface area contributed by atoms with Gasteiger partial charge in [0.2, 0.25) is 0 Å². The second-order valence-corrected chi connectivity index (χ2v) is 3.25. The van der Waals surface area contributed by atoms with Crippen LogP contribution in [-0.2, 0) is 0 Å². The normalized spacial score (nSPS) is 43.7. The fraction of sp³-hybridized carbons (Fsp3) is 1.00. The van der Waals surface area contributed by atoms with Crippen LogP contribution in [0.3, 0.4) is 0 Å². The Morgan fingerprint density at radius 3 is 2.11 bits per heavy atom. The van der Waals surface area contributed by atoms with E-state index in [-0.39, 0.29) is 0 Å². The van der Waals surface area contributed by atoms with Crippen molar-refractivity contribution in [3.8, 4) is 0 Å². The Morgan fingerprint density at radius 2 is 1.78 bits per heavy atom. The van der Waals surface area contributed by atoms with Crippen LogP contribution in [0.4, 0.5) is 4.39 Å². The molecule has 1 N–H and O–H groups in total. The molecule has 0 aromatic heterocycles. The highest BCUT2D eigenvalue weighted by molar-refractivity contribution is 4.90. The average Bonchev–Trinajstić information content (AvgIpc) is 1.57. The van der Waals surface area contributed by atoms with Gasteiger partial charge in [-0.25, -0.2) is 4.39 Å². The molecule has 0 unspecified atom stereocenters. The van der Waals surface area contributed by atoms with Gasteiger partial charge in [0, 0.05) is 0 Å². The Labute approximate surface area is 54.6 Å². The molecule has 9 heavy (non-hydrogen) atoms. The zero-order valence-corrected chi connectivity index (χ0v) is 5.44. The van der Waals surface area contributed by atoms with Gasteiger partial charge in [0.25, 0.3) is 0 Å². The van der Waals surface area contributed by atoms with Gasteiger partial charge < -0.3 is 5.32 Å². The van der Waals surface area contributed by atoms with E-state index in [0.29, 0.717) is 0 Å². The van der Waals surface area contributed by atoms with Gasteiger partial charge in [-0.15, -0.1) is 0 Å². The zero-order valence-electron chi connectivity index (χ0n) is 5.44. The molecule has 1 heterocycles. The van der Waals surface area contributed by atoms with Crippen molar-refractivity contribution in [1.29, 1.82) is 0 Å². The summed E-state index contributed by atoms with van der Waals surface area (Å²) in [5.74, 6) is 1.54. The van der Waals surface area contributed by atoms with Gasteiger partial charge in [0.15, 0.2) is 0 Å². The molecule has 0 spiro atoms. The largest absolute Gasteiger partial charge is 0.316 e. The maximum atomic E-state index is 12.3. The first-order valence-corrected chi connectivity index (χ1v) is 3.71. The van der Waals surface area contributed by atoms with Crippen molar-refractivity contribution in [1.82, 2.24) is 5.32 Å². The van der Waals surface area contributed by atoms with Crippen molar-refractivity contribution in [2.45, 2.75) is 19.0 Å². The highest BCUT2D eigenvalue weighted by Gasteiger charge is 2.37. The summed E-state index contributed by atoms with van der Waals surface area (Å²) in [7, 11) is 0. The maximum Gasteiger partial charge on any atom is 0.101 e. The number of rotatable bonds is 1. The van der Waals surface area contributed by atoms with E-state index in [2.05, 4.69) is 5.32 Å². The fourth-order valence-corrected chi connectivity index (χ4v) is 1.62.